The lowest BCUT2D eigenvalue weighted by Gasteiger charge is -2.19. The number of fused-ring (bicyclic) bond motifs is 1. The van der Waals surface area contributed by atoms with E-state index in [0.717, 1.165) is 22.2 Å². The molecule has 1 unspecified atom stereocenters. The van der Waals surface area contributed by atoms with Crippen molar-refractivity contribution in [3.05, 3.63) is 59.4 Å². The van der Waals surface area contributed by atoms with E-state index in [-0.39, 0.29) is 11.8 Å². The van der Waals surface area contributed by atoms with Crippen molar-refractivity contribution in [2.75, 3.05) is 11.4 Å². The highest BCUT2D eigenvalue weighted by molar-refractivity contribution is 5.97. The topological polar surface area (TPSA) is 87.9 Å². The van der Waals surface area contributed by atoms with Crippen molar-refractivity contribution in [2.45, 2.75) is 26.2 Å². The summed E-state index contributed by atoms with van der Waals surface area (Å²) < 4.78 is 5.47. The molecule has 0 spiro atoms. The molecule has 3 heterocycles. The van der Waals surface area contributed by atoms with E-state index in [1.165, 1.54) is 5.56 Å². The van der Waals surface area contributed by atoms with Crippen molar-refractivity contribution in [1.29, 1.82) is 0 Å². The van der Waals surface area contributed by atoms with E-state index in [1.54, 1.807) is 0 Å². The van der Waals surface area contributed by atoms with Gasteiger partial charge in [-0.25, -0.2) is 0 Å². The van der Waals surface area contributed by atoms with E-state index in [4.69, 9.17) is 4.52 Å². The zero-order chi connectivity index (χ0) is 19.3. The molecule has 0 saturated carbocycles. The molecule has 4 aromatic rings. The van der Waals surface area contributed by atoms with Gasteiger partial charge in [0.1, 0.15) is 0 Å². The summed E-state index contributed by atoms with van der Waals surface area (Å²) in [6, 6.07) is 13.9. The van der Waals surface area contributed by atoms with Gasteiger partial charge in [0, 0.05) is 30.0 Å². The van der Waals surface area contributed by atoms with Gasteiger partial charge >= 0.3 is 0 Å². The van der Waals surface area contributed by atoms with Gasteiger partial charge in [-0.15, -0.1) is 0 Å². The number of hydrogen-bond donors (Lipinski definition) is 1. The molecule has 1 saturated heterocycles. The quantitative estimate of drug-likeness (QED) is 0.591. The lowest BCUT2D eigenvalue weighted by molar-refractivity contribution is -0.117. The van der Waals surface area contributed by atoms with Gasteiger partial charge in [0.25, 0.3) is 5.89 Å². The lowest BCUT2D eigenvalue weighted by atomic mass is 10.1. The monoisotopic (exact) mass is 373 g/mol. The highest BCUT2D eigenvalue weighted by atomic mass is 16.5. The number of aromatic nitrogens is 4. The normalized spacial score (nSPS) is 17.0. The first-order valence-corrected chi connectivity index (χ1v) is 9.25. The van der Waals surface area contributed by atoms with Crippen LogP contribution in [0.15, 0.2) is 47.0 Å². The fourth-order valence-corrected chi connectivity index (χ4v) is 3.84. The Kier molecular flexibility index (Phi) is 3.75. The maximum absolute atomic E-state index is 12.6. The standard InChI is InChI=1S/C21H19N5O2/c1-12-7-8-17(13(2)9-12)26-11-14(10-18(26)27)20-22-21(28-25-20)19-15-5-3-4-6-16(15)23-24-19/h3-9,14H,10-11H2,1-2H3,(H,23,24). The zero-order valence-electron chi connectivity index (χ0n) is 15.6. The maximum Gasteiger partial charge on any atom is 0.279 e. The molecule has 2 aromatic heterocycles. The van der Waals surface area contributed by atoms with E-state index in [1.807, 2.05) is 55.1 Å². The summed E-state index contributed by atoms with van der Waals surface area (Å²) in [5.74, 6) is 0.886. The fourth-order valence-electron chi connectivity index (χ4n) is 3.84. The van der Waals surface area contributed by atoms with Crippen LogP contribution in [0.25, 0.3) is 22.5 Å². The molecule has 2 aromatic carbocycles. The summed E-state index contributed by atoms with van der Waals surface area (Å²) >= 11 is 0. The van der Waals surface area contributed by atoms with Crippen molar-refractivity contribution in [3.63, 3.8) is 0 Å². The summed E-state index contributed by atoms with van der Waals surface area (Å²) in [7, 11) is 0. The summed E-state index contributed by atoms with van der Waals surface area (Å²) in [6.45, 7) is 4.62. The largest absolute Gasteiger partial charge is 0.332 e. The van der Waals surface area contributed by atoms with Gasteiger partial charge in [-0.05, 0) is 31.5 Å². The third-order valence-electron chi connectivity index (χ3n) is 5.25. The number of benzene rings is 2. The molecule has 5 rings (SSSR count). The van der Waals surface area contributed by atoms with Crippen LogP contribution >= 0.6 is 0 Å². The second kappa shape index (κ2) is 6.30. The molecule has 0 aliphatic carbocycles. The maximum atomic E-state index is 12.6. The zero-order valence-corrected chi connectivity index (χ0v) is 15.6. The van der Waals surface area contributed by atoms with Crippen molar-refractivity contribution >= 4 is 22.5 Å². The predicted molar refractivity (Wildman–Crippen MR) is 105 cm³/mol. The highest BCUT2D eigenvalue weighted by Gasteiger charge is 2.35. The van der Waals surface area contributed by atoms with Crippen molar-refractivity contribution in [1.82, 2.24) is 20.3 Å². The summed E-state index contributed by atoms with van der Waals surface area (Å²) in [6.07, 6.45) is 0.369. The number of aromatic amines is 1. The SMILES string of the molecule is Cc1ccc(N2CC(c3noc(-c4n[nH]c5ccccc45)n3)CC2=O)c(C)c1. The third-order valence-corrected chi connectivity index (χ3v) is 5.25. The first kappa shape index (κ1) is 16.7. The van der Waals surface area contributed by atoms with Crippen LogP contribution in [0.2, 0.25) is 0 Å². The molecule has 7 nitrogen and oxygen atoms in total. The Morgan fingerprint density at radius 2 is 2.04 bits per heavy atom. The molecule has 1 fully saturated rings. The van der Waals surface area contributed by atoms with E-state index in [0.29, 0.717) is 30.4 Å². The molecule has 28 heavy (non-hydrogen) atoms. The van der Waals surface area contributed by atoms with Crippen molar-refractivity contribution < 1.29 is 9.32 Å². The number of nitrogens with one attached hydrogen (secondary N) is 1. The van der Waals surface area contributed by atoms with Crippen LogP contribution in [0.1, 0.15) is 29.3 Å². The van der Waals surface area contributed by atoms with E-state index in [2.05, 4.69) is 26.4 Å². The molecule has 7 heteroatoms. The molecular formula is C21H19N5O2. The molecular weight excluding hydrogens is 354 g/mol. The molecule has 1 N–H and O–H groups in total. The van der Waals surface area contributed by atoms with E-state index < -0.39 is 0 Å². The van der Waals surface area contributed by atoms with Crippen LogP contribution in [-0.4, -0.2) is 32.8 Å². The Balaban J connectivity index is 1.43. The molecule has 0 bridgehead atoms. The number of hydrogen-bond acceptors (Lipinski definition) is 5. The Bertz CT molecular complexity index is 1190. The Hall–Kier alpha value is -3.48. The minimum atomic E-state index is -0.101. The van der Waals surface area contributed by atoms with Gasteiger partial charge in [-0.3, -0.25) is 9.89 Å². The number of rotatable bonds is 3. The number of amides is 1. The molecule has 1 aliphatic heterocycles. The van der Waals surface area contributed by atoms with Crippen LogP contribution in [0.4, 0.5) is 5.69 Å². The van der Waals surface area contributed by atoms with Crippen molar-refractivity contribution in [3.8, 4) is 11.6 Å². The average molecular weight is 373 g/mol. The smallest absolute Gasteiger partial charge is 0.279 e. The van der Waals surface area contributed by atoms with E-state index >= 15 is 0 Å². The van der Waals surface area contributed by atoms with Crippen LogP contribution in [0, 0.1) is 13.8 Å². The Morgan fingerprint density at radius 1 is 1.18 bits per heavy atom. The first-order valence-electron chi connectivity index (χ1n) is 9.25. The Morgan fingerprint density at radius 3 is 2.89 bits per heavy atom. The van der Waals surface area contributed by atoms with Crippen LogP contribution in [0.3, 0.4) is 0 Å². The van der Waals surface area contributed by atoms with Crippen molar-refractivity contribution in [2.24, 2.45) is 0 Å². The molecule has 0 radical (unpaired) electrons. The minimum absolute atomic E-state index is 0.0773. The molecule has 1 aliphatic rings. The van der Waals surface area contributed by atoms with Gasteiger partial charge in [0.05, 0.1) is 5.52 Å². The molecule has 140 valence electrons. The second-order valence-corrected chi connectivity index (χ2v) is 7.27. The van der Waals surface area contributed by atoms with E-state index in [9.17, 15) is 4.79 Å². The fraction of sp³-hybridized carbons (Fsp3) is 0.238. The Labute approximate surface area is 161 Å². The highest BCUT2D eigenvalue weighted by Crippen LogP contribution is 2.34. The van der Waals surface area contributed by atoms with Gasteiger partial charge in [0.15, 0.2) is 11.5 Å². The summed E-state index contributed by atoms with van der Waals surface area (Å²) in [4.78, 5) is 19.0. The minimum Gasteiger partial charge on any atom is -0.332 e. The number of aryl methyl sites for hydroxylation is 2. The van der Waals surface area contributed by atoms with Gasteiger partial charge in [-0.2, -0.15) is 10.1 Å². The summed E-state index contributed by atoms with van der Waals surface area (Å²) in [5, 5.41) is 12.3. The van der Waals surface area contributed by atoms with Gasteiger partial charge in [-0.1, -0.05) is 41.1 Å². The number of carbonyl (C=O) groups is 1. The van der Waals surface area contributed by atoms with Crippen LogP contribution in [0.5, 0.6) is 0 Å². The molecule has 1 atom stereocenters. The average Bonchev–Trinajstić information content (AvgIpc) is 3.39. The number of anilines is 1. The number of carbonyl (C=O) groups excluding carboxylic acids is 1. The number of H-pyrrole nitrogens is 1. The number of nitrogens with zero attached hydrogens (tertiary/aromatic N) is 4. The second-order valence-electron chi connectivity index (χ2n) is 7.27. The first-order chi connectivity index (χ1) is 13.6. The van der Waals surface area contributed by atoms with Gasteiger partial charge in [0.2, 0.25) is 5.91 Å². The third kappa shape index (κ3) is 2.67. The lowest BCUT2D eigenvalue weighted by Crippen LogP contribution is -2.25. The predicted octanol–water partition coefficient (Wildman–Crippen LogP) is 3.75. The molecule has 1 amide bonds. The summed E-state index contributed by atoms with van der Waals surface area (Å²) in [5.41, 5.74) is 4.75. The van der Waals surface area contributed by atoms with Crippen LogP contribution in [-0.2, 0) is 4.79 Å². The number of para-hydroxylation sites is 1. The van der Waals surface area contributed by atoms with Gasteiger partial charge < -0.3 is 9.42 Å². The van der Waals surface area contributed by atoms with Crippen LogP contribution < -0.4 is 4.90 Å².